The summed E-state index contributed by atoms with van der Waals surface area (Å²) in [7, 11) is 0. The van der Waals surface area contributed by atoms with Crippen molar-refractivity contribution in [1.82, 2.24) is 0 Å². The quantitative estimate of drug-likeness (QED) is 0.123. The number of esters is 3. The zero-order valence-electron chi connectivity index (χ0n) is 26.2. The van der Waals surface area contributed by atoms with E-state index in [2.05, 4.69) is 0 Å². The van der Waals surface area contributed by atoms with Gasteiger partial charge in [0.25, 0.3) is 0 Å². The highest BCUT2D eigenvalue weighted by Crippen LogP contribution is 2.62. The van der Waals surface area contributed by atoms with Gasteiger partial charge in [-0.25, -0.2) is 14.4 Å². The Morgan fingerprint density at radius 3 is 1.77 bits per heavy atom. The molecule has 4 aromatic carbocycles. The highest BCUT2D eigenvalue weighted by Gasteiger charge is 2.57. The van der Waals surface area contributed by atoms with Gasteiger partial charge < -0.3 is 18.9 Å². The Morgan fingerprint density at radius 1 is 0.596 bits per heavy atom. The number of carbonyl (C=O) groups excluding carboxylic acids is 3. The first-order valence-corrected chi connectivity index (χ1v) is 16.4. The average molecular weight is 631 g/mol. The minimum Gasteiger partial charge on any atom is -0.478 e. The van der Waals surface area contributed by atoms with Crippen molar-refractivity contribution < 1.29 is 33.3 Å². The molecule has 47 heavy (non-hydrogen) atoms. The van der Waals surface area contributed by atoms with Crippen LogP contribution >= 0.6 is 0 Å². The molecule has 0 amide bonds. The molecule has 7 heteroatoms. The van der Waals surface area contributed by atoms with Crippen molar-refractivity contribution in [1.29, 1.82) is 0 Å². The van der Waals surface area contributed by atoms with Crippen LogP contribution in [0.1, 0.15) is 70.4 Å². The molecule has 7 nitrogen and oxygen atoms in total. The van der Waals surface area contributed by atoms with Gasteiger partial charge >= 0.3 is 17.9 Å². The standard InChI is InChI=1S/C40H38O7/c41-37(44-25-27-8-3-1-4-9-27)32-14-16-34(17-15-32)47-38(42)33-12-7-13-35(21-33)46-36(39(43)45-26-28-10-5-2-6-11-28)40-22-29-18-30(23-40)20-31(19-29)24-40/h1-17,21,29-31,36H,18-20,22-26H2. The van der Waals surface area contributed by atoms with Crippen molar-refractivity contribution in [3.05, 3.63) is 131 Å². The molecule has 0 aliphatic heterocycles. The van der Waals surface area contributed by atoms with Gasteiger partial charge in [-0.3, -0.25) is 0 Å². The Morgan fingerprint density at radius 2 is 1.17 bits per heavy atom. The molecule has 8 rings (SSSR count). The topological polar surface area (TPSA) is 88.1 Å². The summed E-state index contributed by atoms with van der Waals surface area (Å²) in [5, 5.41) is 0. The summed E-state index contributed by atoms with van der Waals surface area (Å²) in [5.41, 5.74) is 2.18. The minimum atomic E-state index is -0.764. The maximum absolute atomic E-state index is 13.8. The predicted octanol–water partition coefficient (Wildman–Crippen LogP) is 7.97. The molecule has 0 saturated heterocycles. The number of hydrogen-bond acceptors (Lipinski definition) is 7. The van der Waals surface area contributed by atoms with Crippen LogP contribution in [0.25, 0.3) is 0 Å². The lowest BCUT2D eigenvalue weighted by atomic mass is 9.48. The number of carbonyl (C=O) groups is 3. The van der Waals surface area contributed by atoms with Crippen molar-refractivity contribution in [2.75, 3.05) is 0 Å². The molecule has 1 atom stereocenters. The normalized spacial score (nSPS) is 23.0. The van der Waals surface area contributed by atoms with Crippen LogP contribution in [0.5, 0.6) is 11.5 Å². The molecular formula is C40H38O7. The van der Waals surface area contributed by atoms with Crippen LogP contribution in [-0.4, -0.2) is 24.0 Å². The van der Waals surface area contributed by atoms with Crippen molar-refractivity contribution in [2.45, 2.75) is 57.8 Å². The van der Waals surface area contributed by atoms with Crippen molar-refractivity contribution in [3.8, 4) is 11.5 Å². The molecule has 4 aliphatic rings. The third-order valence-corrected chi connectivity index (χ3v) is 9.92. The average Bonchev–Trinajstić information content (AvgIpc) is 3.09. The van der Waals surface area contributed by atoms with E-state index in [1.54, 1.807) is 48.5 Å². The summed E-state index contributed by atoms with van der Waals surface area (Å²) in [6.07, 6.45) is 5.83. The highest BCUT2D eigenvalue weighted by atomic mass is 16.6. The molecule has 0 radical (unpaired) electrons. The van der Waals surface area contributed by atoms with E-state index in [-0.39, 0.29) is 35.9 Å². The maximum Gasteiger partial charge on any atom is 0.348 e. The second kappa shape index (κ2) is 13.4. The van der Waals surface area contributed by atoms with Gasteiger partial charge in [0.05, 0.1) is 11.1 Å². The van der Waals surface area contributed by atoms with Crippen LogP contribution in [0.3, 0.4) is 0 Å². The van der Waals surface area contributed by atoms with Gasteiger partial charge in [-0.05, 0) is 110 Å². The van der Waals surface area contributed by atoms with Gasteiger partial charge in [0.15, 0.2) is 0 Å². The number of hydrogen-bond donors (Lipinski definition) is 0. The summed E-state index contributed by atoms with van der Waals surface area (Å²) in [6.45, 7) is 0.352. The largest absolute Gasteiger partial charge is 0.478 e. The third kappa shape index (κ3) is 7.09. The van der Waals surface area contributed by atoms with Crippen LogP contribution in [0.15, 0.2) is 109 Å². The van der Waals surface area contributed by atoms with E-state index >= 15 is 0 Å². The van der Waals surface area contributed by atoms with Crippen LogP contribution in [0.2, 0.25) is 0 Å². The zero-order chi connectivity index (χ0) is 32.2. The first-order valence-electron chi connectivity index (χ1n) is 16.4. The summed E-state index contributed by atoms with van der Waals surface area (Å²) in [6, 6.07) is 32.1. The van der Waals surface area contributed by atoms with E-state index in [0.29, 0.717) is 29.1 Å². The molecule has 4 saturated carbocycles. The molecule has 4 aromatic rings. The van der Waals surface area contributed by atoms with Gasteiger partial charge in [-0.1, -0.05) is 66.7 Å². The van der Waals surface area contributed by atoms with E-state index in [0.717, 1.165) is 30.4 Å². The van der Waals surface area contributed by atoms with Gasteiger partial charge in [-0.2, -0.15) is 0 Å². The molecule has 0 aromatic heterocycles. The Balaban J connectivity index is 1.03. The molecule has 0 N–H and O–H groups in total. The van der Waals surface area contributed by atoms with Crippen LogP contribution in [0, 0.1) is 23.2 Å². The van der Waals surface area contributed by atoms with Crippen LogP contribution < -0.4 is 9.47 Å². The fourth-order valence-electron chi connectivity index (χ4n) is 8.19. The predicted molar refractivity (Wildman–Crippen MR) is 175 cm³/mol. The summed E-state index contributed by atoms with van der Waals surface area (Å²) < 4.78 is 23.4. The fraction of sp³-hybridized carbons (Fsp3) is 0.325. The Hall–Kier alpha value is -4.91. The number of ether oxygens (including phenoxy) is 4. The molecule has 4 aliphatic carbocycles. The molecule has 0 spiro atoms. The third-order valence-electron chi connectivity index (χ3n) is 9.92. The maximum atomic E-state index is 13.8. The van der Waals surface area contributed by atoms with Crippen LogP contribution in [0.4, 0.5) is 0 Å². The second-order valence-corrected chi connectivity index (χ2v) is 13.4. The lowest BCUT2D eigenvalue weighted by Crippen LogP contribution is -2.56. The van der Waals surface area contributed by atoms with Crippen LogP contribution in [-0.2, 0) is 27.5 Å². The molecule has 240 valence electrons. The first-order chi connectivity index (χ1) is 22.9. The molecule has 4 fully saturated rings. The second-order valence-electron chi connectivity index (χ2n) is 13.4. The monoisotopic (exact) mass is 630 g/mol. The Bertz CT molecular complexity index is 1680. The minimum absolute atomic E-state index is 0.170. The zero-order valence-corrected chi connectivity index (χ0v) is 26.2. The van der Waals surface area contributed by atoms with E-state index < -0.39 is 18.0 Å². The fourth-order valence-corrected chi connectivity index (χ4v) is 8.19. The summed E-state index contributed by atoms with van der Waals surface area (Å²) >= 11 is 0. The van der Waals surface area contributed by atoms with Gasteiger partial charge in [-0.15, -0.1) is 0 Å². The molecule has 4 bridgehead atoms. The highest BCUT2D eigenvalue weighted by molar-refractivity contribution is 5.92. The van der Waals surface area contributed by atoms with E-state index in [1.807, 2.05) is 60.7 Å². The number of benzene rings is 4. The SMILES string of the molecule is O=C(OCc1ccccc1)c1ccc(OC(=O)c2cccc(OC(C(=O)OCc3ccccc3)C34CC5CC(CC(C5)C3)C4)c2)cc1. The molecule has 1 unspecified atom stereocenters. The lowest BCUT2D eigenvalue weighted by Gasteiger charge is -2.58. The lowest BCUT2D eigenvalue weighted by molar-refractivity contribution is -0.174. The smallest absolute Gasteiger partial charge is 0.348 e. The number of rotatable bonds is 11. The van der Waals surface area contributed by atoms with Gasteiger partial charge in [0.2, 0.25) is 6.10 Å². The van der Waals surface area contributed by atoms with E-state index in [9.17, 15) is 14.4 Å². The van der Waals surface area contributed by atoms with Crippen molar-refractivity contribution in [3.63, 3.8) is 0 Å². The van der Waals surface area contributed by atoms with E-state index in [1.165, 1.54) is 19.3 Å². The van der Waals surface area contributed by atoms with Gasteiger partial charge in [0.1, 0.15) is 24.7 Å². The summed E-state index contributed by atoms with van der Waals surface area (Å²) in [5.74, 6) is 1.17. The van der Waals surface area contributed by atoms with Gasteiger partial charge in [0, 0.05) is 5.41 Å². The summed E-state index contributed by atoms with van der Waals surface area (Å²) in [4.78, 5) is 39.5. The first kappa shape index (κ1) is 30.7. The molecule has 0 heterocycles. The Kier molecular flexibility index (Phi) is 8.79. The van der Waals surface area contributed by atoms with Crippen molar-refractivity contribution >= 4 is 17.9 Å². The molecular weight excluding hydrogens is 592 g/mol. The Labute approximate surface area is 274 Å². The van der Waals surface area contributed by atoms with Crippen molar-refractivity contribution in [2.24, 2.45) is 23.2 Å². The van der Waals surface area contributed by atoms with E-state index in [4.69, 9.17) is 18.9 Å².